The summed E-state index contributed by atoms with van der Waals surface area (Å²) < 4.78 is 1.03. The number of nitrogens with zero attached hydrogens (tertiary/aromatic N) is 3. The number of nitrogens with one attached hydrogen (secondary N) is 1. The molecular weight excluding hydrogens is 412 g/mol. The smallest absolute Gasteiger partial charge is 0.244 e. The highest BCUT2D eigenvalue weighted by Crippen LogP contribution is 2.25. The molecule has 136 valence electrons. The van der Waals surface area contributed by atoms with Crippen molar-refractivity contribution in [2.45, 2.75) is 0 Å². The van der Waals surface area contributed by atoms with E-state index in [1.54, 1.807) is 6.21 Å². The Morgan fingerprint density at radius 1 is 0.714 bits per heavy atom. The van der Waals surface area contributed by atoms with E-state index in [-0.39, 0.29) is 0 Å². The summed E-state index contributed by atoms with van der Waals surface area (Å²) in [5.41, 5.74) is 7.69. The predicted molar refractivity (Wildman–Crippen MR) is 118 cm³/mol. The van der Waals surface area contributed by atoms with Crippen molar-refractivity contribution in [2.75, 3.05) is 5.43 Å². The van der Waals surface area contributed by atoms with Gasteiger partial charge in [-0.1, -0.05) is 88.7 Å². The van der Waals surface area contributed by atoms with Gasteiger partial charge in [0.25, 0.3) is 0 Å². The summed E-state index contributed by atoms with van der Waals surface area (Å²) in [6.07, 6.45) is 1.74. The van der Waals surface area contributed by atoms with Crippen molar-refractivity contribution in [3.8, 4) is 22.5 Å². The van der Waals surface area contributed by atoms with Crippen LogP contribution in [0.25, 0.3) is 22.5 Å². The first-order chi connectivity index (χ1) is 13.8. The molecule has 0 fully saturated rings. The second-order valence-electron chi connectivity index (χ2n) is 6.12. The van der Waals surface area contributed by atoms with Crippen LogP contribution in [0, 0.1) is 0 Å². The van der Waals surface area contributed by atoms with Crippen molar-refractivity contribution in [2.24, 2.45) is 5.10 Å². The van der Waals surface area contributed by atoms with E-state index < -0.39 is 0 Å². The molecule has 0 aliphatic rings. The summed E-state index contributed by atoms with van der Waals surface area (Å²) in [5.74, 6) is 0.452. The molecule has 4 nitrogen and oxygen atoms in total. The zero-order chi connectivity index (χ0) is 19.2. The van der Waals surface area contributed by atoms with E-state index in [0.717, 1.165) is 32.6 Å². The summed E-state index contributed by atoms with van der Waals surface area (Å²) in [4.78, 5) is 9.26. The Balaban J connectivity index is 1.66. The third kappa shape index (κ3) is 4.50. The second kappa shape index (κ2) is 8.59. The highest BCUT2D eigenvalue weighted by molar-refractivity contribution is 9.10. The number of hydrazone groups is 1. The largest absolute Gasteiger partial charge is 0.245 e. The van der Waals surface area contributed by atoms with Gasteiger partial charge in [-0.15, -0.1) is 0 Å². The molecule has 4 rings (SSSR count). The van der Waals surface area contributed by atoms with Crippen molar-refractivity contribution >= 4 is 28.1 Å². The minimum atomic E-state index is 0.452. The summed E-state index contributed by atoms with van der Waals surface area (Å²) in [7, 11) is 0. The molecule has 0 radical (unpaired) electrons. The van der Waals surface area contributed by atoms with Crippen LogP contribution in [0.4, 0.5) is 5.95 Å². The van der Waals surface area contributed by atoms with Crippen LogP contribution >= 0.6 is 15.9 Å². The molecule has 0 aliphatic carbocycles. The fourth-order valence-corrected chi connectivity index (χ4v) is 2.99. The lowest BCUT2D eigenvalue weighted by molar-refractivity contribution is 1.13. The lowest BCUT2D eigenvalue weighted by Crippen LogP contribution is -2.00. The maximum atomic E-state index is 4.63. The topological polar surface area (TPSA) is 50.2 Å². The SMILES string of the molecule is Brc1ccc(/C=N/Nc2nc(-c3ccccc3)cc(-c3ccccc3)n2)cc1. The molecule has 4 aromatic rings. The molecular formula is C23H17BrN4. The van der Waals surface area contributed by atoms with Crippen LogP contribution in [0.3, 0.4) is 0 Å². The quantitative estimate of drug-likeness (QED) is 0.312. The molecule has 0 saturated carbocycles. The van der Waals surface area contributed by atoms with E-state index in [1.165, 1.54) is 0 Å². The summed E-state index contributed by atoms with van der Waals surface area (Å²) in [5, 5.41) is 4.30. The first kappa shape index (κ1) is 18.1. The fourth-order valence-electron chi connectivity index (χ4n) is 2.72. The summed E-state index contributed by atoms with van der Waals surface area (Å²) >= 11 is 3.43. The molecule has 3 aromatic carbocycles. The van der Waals surface area contributed by atoms with Gasteiger partial charge in [0, 0.05) is 15.6 Å². The molecule has 1 heterocycles. The Hall–Kier alpha value is -3.31. The fraction of sp³-hybridized carbons (Fsp3) is 0. The molecule has 1 aromatic heterocycles. The van der Waals surface area contributed by atoms with Gasteiger partial charge >= 0.3 is 0 Å². The Kier molecular flexibility index (Phi) is 5.54. The van der Waals surface area contributed by atoms with Crippen molar-refractivity contribution < 1.29 is 0 Å². The van der Waals surface area contributed by atoms with Crippen LogP contribution in [0.1, 0.15) is 5.56 Å². The van der Waals surface area contributed by atoms with E-state index in [9.17, 15) is 0 Å². The second-order valence-corrected chi connectivity index (χ2v) is 7.03. The van der Waals surface area contributed by atoms with E-state index in [4.69, 9.17) is 0 Å². The van der Waals surface area contributed by atoms with Crippen molar-refractivity contribution in [3.63, 3.8) is 0 Å². The van der Waals surface area contributed by atoms with Gasteiger partial charge in [0.15, 0.2) is 0 Å². The van der Waals surface area contributed by atoms with Crippen molar-refractivity contribution in [1.29, 1.82) is 0 Å². The van der Waals surface area contributed by atoms with E-state index in [1.807, 2.05) is 91.0 Å². The lowest BCUT2D eigenvalue weighted by atomic mass is 10.1. The molecule has 5 heteroatoms. The van der Waals surface area contributed by atoms with E-state index >= 15 is 0 Å². The average molecular weight is 429 g/mol. The third-order valence-electron chi connectivity index (χ3n) is 4.11. The minimum Gasteiger partial charge on any atom is -0.245 e. The van der Waals surface area contributed by atoms with Gasteiger partial charge in [-0.05, 0) is 23.8 Å². The number of anilines is 1. The van der Waals surface area contributed by atoms with Crippen LogP contribution in [-0.2, 0) is 0 Å². The minimum absolute atomic E-state index is 0.452. The molecule has 0 aliphatic heterocycles. The molecule has 0 spiro atoms. The molecule has 0 amide bonds. The number of aromatic nitrogens is 2. The molecule has 1 N–H and O–H groups in total. The first-order valence-corrected chi connectivity index (χ1v) is 9.62. The molecule has 0 atom stereocenters. The zero-order valence-corrected chi connectivity index (χ0v) is 16.5. The van der Waals surface area contributed by atoms with Gasteiger partial charge in [-0.2, -0.15) is 5.10 Å². The number of halogens is 1. The summed E-state index contributed by atoms with van der Waals surface area (Å²) in [6, 6.07) is 30.0. The van der Waals surface area contributed by atoms with Crippen LogP contribution in [-0.4, -0.2) is 16.2 Å². The molecule has 0 unspecified atom stereocenters. The maximum absolute atomic E-state index is 4.63. The highest BCUT2D eigenvalue weighted by Gasteiger charge is 2.08. The van der Waals surface area contributed by atoms with Crippen LogP contribution in [0.15, 0.2) is 101 Å². The van der Waals surface area contributed by atoms with Gasteiger partial charge in [-0.3, -0.25) is 0 Å². The Morgan fingerprint density at radius 3 is 1.79 bits per heavy atom. The molecule has 0 bridgehead atoms. The normalized spacial score (nSPS) is 10.9. The highest BCUT2D eigenvalue weighted by atomic mass is 79.9. The molecule has 28 heavy (non-hydrogen) atoms. The van der Waals surface area contributed by atoms with Gasteiger partial charge < -0.3 is 0 Å². The van der Waals surface area contributed by atoms with Crippen LogP contribution < -0.4 is 5.43 Å². The third-order valence-corrected chi connectivity index (χ3v) is 4.64. The van der Waals surface area contributed by atoms with Crippen molar-refractivity contribution in [3.05, 3.63) is 101 Å². The monoisotopic (exact) mass is 428 g/mol. The average Bonchev–Trinajstić information content (AvgIpc) is 2.76. The van der Waals surface area contributed by atoms with Gasteiger partial charge in [0.2, 0.25) is 5.95 Å². The van der Waals surface area contributed by atoms with Gasteiger partial charge in [0.05, 0.1) is 17.6 Å². The Morgan fingerprint density at radius 2 is 1.25 bits per heavy atom. The molecule has 0 saturated heterocycles. The van der Waals surface area contributed by atoms with E-state index in [0.29, 0.717) is 5.95 Å². The lowest BCUT2D eigenvalue weighted by Gasteiger charge is -2.08. The van der Waals surface area contributed by atoms with Crippen LogP contribution in [0.5, 0.6) is 0 Å². The number of rotatable bonds is 5. The summed E-state index contributed by atoms with van der Waals surface area (Å²) in [6.45, 7) is 0. The zero-order valence-electron chi connectivity index (χ0n) is 15.0. The van der Waals surface area contributed by atoms with E-state index in [2.05, 4.69) is 36.4 Å². The number of benzene rings is 3. The van der Waals surface area contributed by atoms with Gasteiger partial charge in [-0.25, -0.2) is 15.4 Å². The predicted octanol–water partition coefficient (Wildman–Crippen LogP) is 6.02. The Bertz CT molecular complexity index is 1020. The first-order valence-electron chi connectivity index (χ1n) is 8.82. The number of hydrogen-bond acceptors (Lipinski definition) is 4. The standard InChI is InChI=1S/C23H17BrN4/c24-20-13-11-17(12-14-20)16-25-28-23-26-21(18-7-3-1-4-8-18)15-22(27-23)19-9-5-2-6-10-19/h1-16H,(H,26,27,28)/b25-16+. The Labute approximate surface area is 172 Å². The van der Waals surface area contributed by atoms with Gasteiger partial charge in [0.1, 0.15) is 0 Å². The number of hydrogen-bond donors (Lipinski definition) is 1. The van der Waals surface area contributed by atoms with Crippen LogP contribution in [0.2, 0.25) is 0 Å². The van der Waals surface area contributed by atoms with Crippen molar-refractivity contribution in [1.82, 2.24) is 9.97 Å². The maximum Gasteiger partial charge on any atom is 0.244 e.